The molecule has 7 nitrogen and oxygen atoms in total. The Kier molecular flexibility index (Phi) is 4.84. The lowest BCUT2D eigenvalue weighted by molar-refractivity contribution is 0.0852. The minimum absolute atomic E-state index is 0.197. The first-order valence-corrected chi connectivity index (χ1v) is 10.6. The number of nitrogens with zero attached hydrogens (tertiary/aromatic N) is 3. The van der Waals surface area contributed by atoms with E-state index < -0.39 is 6.10 Å². The highest BCUT2D eigenvalue weighted by atomic mass is 32.1. The van der Waals surface area contributed by atoms with Gasteiger partial charge in [-0.1, -0.05) is 42.5 Å². The number of aromatic nitrogens is 3. The summed E-state index contributed by atoms with van der Waals surface area (Å²) < 4.78 is 19.2. The molecule has 5 rings (SSSR count). The molecule has 30 heavy (non-hydrogen) atoms. The molecule has 0 N–H and O–H groups in total. The normalized spacial score (nSPS) is 16.2. The lowest BCUT2D eigenvalue weighted by Crippen LogP contribution is -2.26. The van der Waals surface area contributed by atoms with Crippen molar-refractivity contribution in [3.63, 3.8) is 0 Å². The van der Waals surface area contributed by atoms with Crippen LogP contribution >= 0.6 is 11.3 Å². The third-order valence-electron chi connectivity index (χ3n) is 4.65. The van der Waals surface area contributed by atoms with Crippen molar-refractivity contribution in [2.75, 3.05) is 13.2 Å². The molecule has 1 unspecified atom stereocenters. The van der Waals surface area contributed by atoms with E-state index in [1.54, 1.807) is 0 Å². The predicted molar refractivity (Wildman–Crippen MR) is 113 cm³/mol. The molecule has 0 bridgehead atoms. The molecule has 0 radical (unpaired) electrons. The van der Waals surface area contributed by atoms with Gasteiger partial charge >= 0.3 is 0 Å². The minimum atomic E-state index is -0.450. The fourth-order valence-corrected chi connectivity index (χ4v) is 4.08. The van der Waals surface area contributed by atoms with Crippen molar-refractivity contribution in [1.29, 1.82) is 0 Å². The van der Waals surface area contributed by atoms with Gasteiger partial charge in [0, 0.05) is 0 Å². The van der Waals surface area contributed by atoms with E-state index in [1.807, 2.05) is 54.6 Å². The molecule has 0 saturated carbocycles. The zero-order valence-corrected chi connectivity index (χ0v) is 17.1. The molecule has 0 fully saturated rings. The number of rotatable bonds is 5. The van der Waals surface area contributed by atoms with Crippen molar-refractivity contribution in [2.24, 2.45) is 0 Å². The smallest absolute Gasteiger partial charge is 0.291 e. The Balaban J connectivity index is 1.40. The highest BCUT2D eigenvalue weighted by Crippen LogP contribution is 2.35. The number of fused-ring (bicyclic) bond motifs is 2. The van der Waals surface area contributed by atoms with Gasteiger partial charge in [0.1, 0.15) is 12.4 Å². The number of thiazole rings is 1. The topological polar surface area (TPSA) is 74.9 Å². The monoisotopic (exact) mass is 421 g/mol. The van der Waals surface area contributed by atoms with E-state index in [2.05, 4.69) is 17.0 Å². The van der Waals surface area contributed by atoms with Gasteiger partial charge in [-0.25, -0.2) is 0 Å². The maximum atomic E-state index is 12.8. The standard InChI is InChI=1S/C22H19N3O4S/c1-2-11-27-15-9-7-14(8-10-15)12-19-21(26)25-22(30-19)23-20(24-25)18-13-28-16-5-3-4-6-17(16)29-18/h3-10,12,18H,2,11,13H2,1H3/b19-12-. The van der Waals surface area contributed by atoms with Crippen molar-refractivity contribution in [3.8, 4) is 17.2 Å². The average Bonchev–Trinajstić information content (AvgIpc) is 3.32. The summed E-state index contributed by atoms with van der Waals surface area (Å²) in [4.78, 5) is 17.8. The molecule has 2 aromatic heterocycles. The van der Waals surface area contributed by atoms with Crippen molar-refractivity contribution < 1.29 is 14.2 Å². The van der Waals surface area contributed by atoms with Crippen LogP contribution in [-0.4, -0.2) is 27.8 Å². The number of ether oxygens (including phenoxy) is 3. The third-order valence-corrected chi connectivity index (χ3v) is 5.60. The predicted octanol–water partition coefficient (Wildman–Crippen LogP) is 3.00. The van der Waals surface area contributed by atoms with Crippen molar-refractivity contribution in [1.82, 2.24) is 14.6 Å². The molecule has 0 saturated heterocycles. The van der Waals surface area contributed by atoms with E-state index in [9.17, 15) is 4.79 Å². The van der Waals surface area contributed by atoms with Gasteiger partial charge in [0.15, 0.2) is 23.4 Å². The summed E-state index contributed by atoms with van der Waals surface area (Å²) in [5.74, 6) is 2.61. The van der Waals surface area contributed by atoms with E-state index in [0.29, 0.717) is 40.0 Å². The van der Waals surface area contributed by atoms with Gasteiger partial charge in [-0.3, -0.25) is 4.79 Å². The SMILES string of the molecule is CCCOc1ccc(/C=c2\sc3nc(C4COc5ccccc5O4)nn3c2=O)cc1. The van der Waals surface area contributed by atoms with Gasteiger partial charge in [-0.15, -0.1) is 5.10 Å². The molecule has 152 valence electrons. The molecule has 0 aliphatic carbocycles. The summed E-state index contributed by atoms with van der Waals surface area (Å²) in [5, 5.41) is 4.38. The summed E-state index contributed by atoms with van der Waals surface area (Å²) in [5.41, 5.74) is 0.721. The Bertz CT molecular complexity index is 1300. The van der Waals surface area contributed by atoms with Gasteiger partial charge in [0.2, 0.25) is 4.96 Å². The zero-order chi connectivity index (χ0) is 20.5. The molecule has 2 aromatic carbocycles. The molecule has 0 spiro atoms. The van der Waals surface area contributed by atoms with Crippen LogP contribution < -0.4 is 24.3 Å². The number of hydrogen-bond donors (Lipinski definition) is 0. The maximum Gasteiger partial charge on any atom is 0.291 e. The molecule has 1 aliphatic heterocycles. The fourth-order valence-electron chi connectivity index (χ4n) is 3.16. The van der Waals surface area contributed by atoms with E-state index in [4.69, 9.17) is 14.2 Å². The Hall–Kier alpha value is -3.39. The summed E-state index contributed by atoms with van der Waals surface area (Å²) in [6.07, 6.45) is 2.35. The van der Waals surface area contributed by atoms with Crippen LogP contribution in [0.15, 0.2) is 53.3 Å². The van der Waals surface area contributed by atoms with Crippen LogP contribution in [-0.2, 0) is 0 Å². The molecule has 1 atom stereocenters. The van der Waals surface area contributed by atoms with Crippen molar-refractivity contribution >= 4 is 22.4 Å². The number of hydrogen-bond acceptors (Lipinski definition) is 7. The first-order valence-electron chi connectivity index (χ1n) is 9.74. The largest absolute Gasteiger partial charge is 0.494 e. The molecular formula is C22H19N3O4S. The molecule has 8 heteroatoms. The summed E-state index contributed by atoms with van der Waals surface area (Å²) in [6.45, 7) is 3.05. The highest BCUT2D eigenvalue weighted by molar-refractivity contribution is 7.15. The fraction of sp³-hybridized carbons (Fsp3) is 0.227. The quantitative estimate of drug-likeness (QED) is 0.493. The van der Waals surface area contributed by atoms with Crippen LogP contribution in [0.1, 0.15) is 30.8 Å². The van der Waals surface area contributed by atoms with Gasteiger partial charge in [0.05, 0.1) is 11.1 Å². The Morgan fingerprint density at radius 2 is 2.00 bits per heavy atom. The van der Waals surface area contributed by atoms with Crippen LogP contribution in [0.5, 0.6) is 17.2 Å². The molecule has 1 aliphatic rings. The summed E-state index contributed by atoms with van der Waals surface area (Å²) >= 11 is 1.30. The van der Waals surface area contributed by atoms with E-state index in [1.165, 1.54) is 15.9 Å². The van der Waals surface area contributed by atoms with Gasteiger partial charge in [-0.05, 0) is 42.3 Å². The van der Waals surface area contributed by atoms with Gasteiger partial charge in [-0.2, -0.15) is 9.50 Å². The van der Waals surface area contributed by atoms with Crippen LogP contribution in [0.25, 0.3) is 11.0 Å². The van der Waals surface area contributed by atoms with Crippen LogP contribution in [0, 0.1) is 0 Å². The first kappa shape index (κ1) is 18.6. The second-order valence-corrected chi connectivity index (χ2v) is 7.87. The number of benzene rings is 2. The number of para-hydroxylation sites is 2. The van der Waals surface area contributed by atoms with E-state index in [0.717, 1.165) is 17.7 Å². The van der Waals surface area contributed by atoms with Crippen molar-refractivity contribution in [3.05, 3.63) is 74.8 Å². The van der Waals surface area contributed by atoms with Gasteiger partial charge in [0.25, 0.3) is 5.56 Å². The summed E-state index contributed by atoms with van der Waals surface area (Å²) in [6, 6.07) is 15.1. The van der Waals surface area contributed by atoms with E-state index >= 15 is 0 Å². The second-order valence-electron chi connectivity index (χ2n) is 6.86. The summed E-state index contributed by atoms with van der Waals surface area (Å²) in [7, 11) is 0. The Labute approximate surface area is 176 Å². The lowest BCUT2D eigenvalue weighted by Gasteiger charge is -2.24. The van der Waals surface area contributed by atoms with Crippen LogP contribution in [0.2, 0.25) is 0 Å². The molecule has 4 aromatic rings. The minimum Gasteiger partial charge on any atom is -0.494 e. The van der Waals surface area contributed by atoms with Gasteiger partial charge < -0.3 is 14.2 Å². The third kappa shape index (κ3) is 3.50. The molecule has 0 amide bonds. The van der Waals surface area contributed by atoms with E-state index in [-0.39, 0.29) is 5.56 Å². The van der Waals surface area contributed by atoms with Crippen LogP contribution in [0.3, 0.4) is 0 Å². The molecular weight excluding hydrogens is 402 g/mol. The van der Waals surface area contributed by atoms with Crippen LogP contribution in [0.4, 0.5) is 0 Å². The zero-order valence-electron chi connectivity index (χ0n) is 16.3. The first-order chi connectivity index (χ1) is 14.7. The van der Waals surface area contributed by atoms with Crippen molar-refractivity contribution in [2.45, 2.75) is 19.4 Å². The molecule has 3 heterocycles. The Morgan fingerprint density at radius 3 is 2.77 bits per heavy atom. The maximum absolute atomic E-state index is 12.8. The highest BCUT2D eigenvalue weighted by Gasteiger charge is 2.27. The second kappa shape index (κ2) is 7.79. The average molecular weight is 421 g/mol. The lowest BCUT2D eigenvalue weighted by atomic mass is 10.2. The Morgan fingerprint density at radius 1 is 1.20 bits per heavy atom.